The van der Waals surface area contributed by atoms with E-state index in [1.165, 1.54) is 28.9 Å². The number of benzene rings is 3. The number of nitrogens with zero attached hydrogens (tertiary/aromatic N) is 2. The third-order valence-corrected chi connectivity index (χ3v) is 7.69. The first-order valence-electron chi connectivity index (χ1n) is 11.7. The van der Waals surface area contributed by atoms with Crippen LogP contribution >= 0.6 is 0 Å². The average Bonchev–Trinajstić information content (AvgIpc) is 2.86. The van der Waals surface area contributed by atoms with Gasteiger partial charge in [0, 0.05) is 43.1 Å². The minimum absolute atomic E-state index is 0.104. The van der Waals surface area contributed by atoms with E-state index in [1.54, 1.807) is 36.4 Å². The summed E-state index contributed by atoms with van der Waals surface area (Å²) < 4.78 is 33.6. The van der Waals surface area contributed by atoms with Crippen LogP contribution in [-0.4, -0.2) is 52.0 Å². The quantitative estimate of drug-likeness (QED) is 0.526. The van der Waals surface area contributed by atoms with Crippen molar-refractivity contribution in [1.29, 1.82) is 0 Å². The summed E-state index contributed by atoms with van der Waals surface area (Å²) in [5, 5.41) is 0. The topological polar surface area (TPSA) is 78.9 Å². The molecule has 0 aromatic heterocycles. The van der Waals surface area contributed by atoms with Gasteiger partial charge in [-0.25, -0.2) is 8.42 Å². The number of nitrogens with one attached hydrogen (secondary N) is 1. The van der Waals surface area contributed by atoms with Gasteiger partial charge in [-0.2, -0.15) is 0 Å². The molecule has 0 atom stereocenters. The van der Waals surface area contributed by atoms with Crippen molar-refractivity contribution in [3.05, 3.63) is 83.4 Å². The third kappa shape index (κ3) is 5.59. The summed E-state index contributed by atoms with van der Waals surface area (Å²) in [4.78, 5) is 17.4. The van der Waals surface area contributed by atoms with Gasteiger partial charge >= 0.3 is 0 Å². The monoisotopic (exact) mass is 493 g/mol. The van der Waals surface area contributed by atoms with E-state index in [0.717, 1.165) is 13.1 Å². The van der Waals surface area contributed by atoms with Gasteiger partial charge in [0.25, 0.3) is 15.9 Å². The molecule has 0 saturated carbocycles. The molecule has 1 aliphatic heterocycles. The fourth-order valence-electron chi connectivity index (χ4n) is 4.22. The largest absolute Gasteiger partial charge is 0.494 e. The summed E-state index contributed by atoms with van der Waals surface area (Å²) in [6.07, 6.45) is 0. The van der Waals surface area contributed by atoms with Gasteiger partial charge in [0.1, 0.15) is 5.75 Å². The zero-order valence-electron chi connectivity index (χ0n) is 20.3. The van der Waals surface area contributed by atoms with Gasteiger partial charge in [0.2, 0.25) is 0 Å². The van der Waals surface area contributed by atoms with E-state index in [2.05, 4.69) is 41.7 Å². The zero-order valence-corrected chi connectivity index (χ0v) is 21.1. The molecule has 0 spiro atoms. The fourth-order valence-corrected chi connectivity index (χ4v) is 5.27. The molecule has 4 rings (SSSR count). The van der Waals surface area contributed by atoms with Gasteiger partial charge in [-0.1, -0.05) is 18.2 Å². The highest BCUT2D eigenvalue weighted by Crippen LogP contribution is 2.25. The Morgan fingerprint density at radius 1 is 0.943 bits per heavy atom. The number of piperazine rings is 1. The first-order chi connectivity index (χ1) is 16.8. The molecule has 1 aliphatic rings. The number of anilines is 2. The number of aryl methyl sites for hydroxylation is 1. The lowest BCUT2D eigenvalue weighted by molar-refractivity contribution is 0.0747. The number of hydrogen-bond donors (Lipinski definition) is 1. The summed E-state index contributed by atoms with van der Waals surface area (Å²) in [6.45, 7) is 9.32. The summed E-state index contributed by atoms with van der Waals surface area (Å²) in [5.74, 6) is 0.504. The van der Waals surface area contributed by atoms with E-state index >= 15 is 0 Å². The van der Waals surface area contributed by atoms with Crippen LogP contribution in [0.25, 0.3) is 0 Å². The van der Waals surface area contributed by atoms with Gasteiger partial charge in [-0.3, -0.25) is 9.52 Å². The van der Waals surface area contributed by atoms with E-state index < -0.39 is 10.0 Å². The number of carbonyl (C=O) groups excluding carboxylic acids is 1. The predicted octanol–water partition coefficient (Wildman–Crippen LogP) is 4.47. The standard InChI is InChI=1S/C27H31N3O4S/c1-4-34-24-11-13-25(14-12-24)35(32,33)28-23-9-6-8-22(19-23)27(31)30-17-15-29(16-18-30)26-10-5-7-20(2)21(26)3/h5-14,19,28H,4,15-18H2,1-3H3. The van der Waals surface area contributed by atoms with Crippen LogP contribution in [0.15, 0.2) is 71.6 Å². The van der Waals surface area contributed by atoms with Crippen molar-refractivity contribution in [2.24, 2.45) is 0 Å². The van der Waals surface area contributed by atoms with Crippen LogP contribution in [0.3, 0.4) is 0 Å². The maximum Gasteiger partial charge on any atom is 0.261 e. The molecule has 1 amide bonds. The van der Waals surface area contributed by atoms with Gasteiger partial charge in [0.15, 0.2) is 0 Å². The number of carbonyl (C=O) groups is 1. The molecule has 35 heavy (non-hydrogen) atoms. The van der Waals surface area contributed by atoms with Gasteiger partial charge in [0.05, 0.1) is 11.5 Å². The van der Waals surface area contributed by atoms with E-state index in [-0.39, 0.29) is 10.8 Å². The summed E-state index contributed by atoms with van der Waals surface area (Å²) >= 11 is 0. The highest BCUT2D eigenvalue weighted by molar-refractivity contribution is 7.92. The lowest BCUT2D eigenvalue weighted by Crippen LogP contribution is -2.49. The molecule has 7 nitrogen and oxygen atoms in total. The van der Waals surface area contributed by atoms with Crippen molar-refractivity contribution < 1.29 is 17.9 Å². The van der Waals surface area contributed by atoms with Crippen LogP contribution in [0.5, 0.6) is 5.75 Å². The summed E-state index contributed by atoms with van der Waals surface area (Å²) in [7, 11) is -3.80. The van der Waals surface area contributed by atoms with Crippen LogP contribution in [0, 0.1) is 13.8 Å². The van der Waals surface area contributed by atoms with Crippen LogP contribution in [-0.2, 0) is 10.0 Å². The van der Waals surface area contributed by atoms with Crippen molar-refractivity contribution in [3.8, 4) is 5.75 Å². The second-order valence-electron chi connectivity index (χ2n) is 8.59. The maximum atomic E-state index is 13.2. The molecule has 0 unspecified atom stereocenters. The predicted molar refractivity (Wildman–Crippen MR) is 139 cm³/mol. The first-order valence-corrected chi connectivity index (χ1v) is 13.2. The molecule has 1 N–H and O–H groups in total. The zero-order chi connectivity index (χ0) is 25.0. The Labute approximate surface area is 207 Å². The van der Waals surface area contributed by atoms with E-state index in [0.29, 0.717) is 36.7 Å². The van der Waals surface area contributed by atoms with Crippen molar-refractivity contribution in [1.82, 2.24) is 4.90 Å². The molecule has 3 aromatic carbocycles. The van der Waals surface area contributed by atoms with E-state index in [9.17, 15) is 13.2 Å². The highest BCUT2D eigenvalue weighted by Gasteiger charge is 2.24. The van der Waals surface area contributed by atoms with Crippen LogP contribution in [0.2, 0.25) is 0 Å². The Balaban J connectivity index is 1.42. The van der Waals surface area contributed by atoms with Crippen molar-refractivity contribution in [2.45, 2.75) is 25.7 Å². The fraction of sp³-hybridized carbons (Fsp3) is 0.296. The molecule has 8 heteroatoms. The van der Waals surface area contributed by atoms with Crippen LogP contribution in [0.4, 0.5) is 11.4 Å². The Morgan fingerprint density at radius 2 is 1.63 bits per heavy atom. The third-order valence-electron chi connectivity index (χ3n) is 6.29. The normalized spacial score (nSPS) is 14.0. The van der Waals surface area contributed by atoms with Gasteiger partial charge in [-0.05, 0) is 80.4 Å². The molecular formula is C27H31N3O4S. The van der Waals surface area contributed by atoms with Crippen LogP contribution in [0.1, 0.15) is 28.4 Å². The summed E-state index contributed by atoms with van der Waals surface area (Å²) in [6, 6.07) is 19.2. The smallest absolute Gasteiger partial charge is 0.261 e. The lowest BCUT2D eigenvalue weighted by atomic mass is 10.1. The van der Waals surface area contributed by atoms with Crippen LogP contribution < -0.4 is 14.4 Å². The first kappa shape index (κ1) is 24.6. The number of sulfonamides is 1. The highest BCUT2D eigenvalue weighted by atomic mass is 32.2. The minimum Gasteiger partial charge on any atom is -0.494 e. The second kappa shape index (κ2) is 10.4. The molecule has 184 valence electrons. The number of ether oxygens (including phenoxy) is 1. The number of amides is 1. The Morgan fingerprint density at radius 3 is 2.31 bits per heavy atom. The molecule has 3 aromatic rings. The Kier molecular flexibility index (Phi) is 7.31. The molecule has 1 saturated heterocycles. The number of rotatable bonds is 7. The van der Waals surface area contributed by atoms with Gasteiger partial charge < -0.3 is 14.5 Å². The van der Waals surface area contributed by atoms with E-state index in [4.69, 9.17) is 4.74 Å². The van der Waals surface area contributed by atoms with Crippen molar-refractivity contribution >= 4 is 27.3 Å². The van der Waals surface area contributed by atoms with Crippen molar-refractivity contribution in [3.63, 3.8) is 0 Å². The Hall–Kier alpha value is -3.52. The second-order valence-corrected chi connectivity index (χ2v) is 10.3. The summed E-state index contributed by atoms with van der Waals surface area (Å²) in [5.41, 5.74) is 4.53. The lowest BCUT2D eigenvalue weighted by Gasteiger charge is -2.37. The molecule has 0 bridgehead atoms. The average molecular weight is 494 g/mol. The molecule has 0 radical (unpaired) electrons. The SMILES string of the molecule is CCOc1ccc(S(=O)(=O)Nc2cccc(C(=O)N3CCN(c4cccc(C)c4C)CC3)c2)cc1. The minimum atomic E-state index is -3.80. The molecule has 1 fully saturated rings. The maximum absolute atomic E-state index is 13.2. The molecule has 0 aliphatic carbocycles. The van der Waals surface area contributed by atoms with Crippen molar-refractivity contribution in [2.75, 3.05) is 42.4 Å². The molecular weight excluding hydrogens is 462 g/mol. The number of hydrogen-bond acceptors (Lipinski definition) is 5. The Bertz CT molecular complexity index is 1300. The van der Waals surface area contributed by atoms with E-state index in [1.807, 2.05) is 11.8 Å². The molecule has 1 heterocycles. The van der Waals surface area contributed by atoms with Gasteiger partial charge in [-0.15, -0.1) is 0 Å².